The van der Waals surface area contributed by atoms with Gasteiger partial charge < -0.3 is 10.1 Å². The van der Waals surface area contributed by atoms with Crippen molar-refractivity contribution in [2.24, 2.45) is 17.3 Å². The molecule has 0 bridgehead atoms. The maximum Gasteiger partial charge on any atom is 0.0661 e. The Morgan fingerprint density at radius 2 is 1.90 bits per heavy atom. The Morgan fingerprint density at radius 1 is 1.15 bits per heavy atom. The minimum Gasteiger partial charge on any atom is -0.378 e. The normalized spacial score (nSPS) is 43.0. The van der Waals surface area contributed by atoms with Crippen molar-refractivity contribution in [1.29, 1.82) is 0 Å². The lowest BCUT2D eigenvalue weighted by Gasteiger charge is -2.55. The van der Waals surface area contributed by atoms with Gasteiger partial charge in [-0.25, -0.2) is 0 Å². The van der Waals surface area contributed by atoms with E-state index in [1.807, 2.05) is 0 Å². The van der Waals surface area contributed by atoms with E-state index in [1.54, 1.807) is 0 Å². The molecule has 0 aromatic carbocycles. The molecule has 0 heterocycles. The summed E-state index contributed by atoms with van der Waals surface area (Å²) in [5, 5.41) is 4.07. The molecule has 3 aliphatic rings. The monoisotopic (exact) mass is 279 g/mol. The van der Waals surface area contributed by atoms with E-state index in [2.05, 4.69) is 26.1 Å². The summed E-state index contributed by atoms with van der Waals surface area (Å²) in [5.74, 6) is 1.82. The Balaban J connectivity index is 1.61. The highest BCUT2D eigenvalue weighted by Crippen LogP contribution is 2.55. The summed E-state index contributed by atoms with van der Waals surface area (Å²) >= 11 is 0. The predicted molar refractivity (Wildman–Crippen MR) is 83.8 cm³/mol. The van der Waals surface area contributed by atoms with Crippen LogP contribution in [0.3, 0.4) is 0 Å². The summed E-state index contributed by atoms with van der Waals surface area (Å²) in [4.78, 5) is 0. The van der Waals surface area contributed by atoms with Crippen molar-refractivity contribution in [3.63, 3.8) is 0 Å². The van der Waals surface area contributed by atoms with Gasteiger partial charge in [-0.05, 0) is 50.9 Å². The summed E-state index contributed by atoms with van der Waals surface area (Å²) in [6.07, 6.45) is 11.6. The first-order chi connectivity index (χ1) is 9.71. The Labute approximate surface area is 125 Å². The second-order valence-electron chi connectivity index (χ2n) is 7.55. The number of hydrogen-bond acceptors (Lipinski definition) is 2. The van der Waals surface area contributed by atoms with Gasteiger partial charge in [0.15, 0.2) is 0 Å². The quantitative estimate of drug-likeness (QED) is 0.816. The Kier molecular flexibility index (Phi) is 4.42. The Bertz CT molecular complexity index is 323. The SMILES string of the molecule is CCOC1CC(NC2CCC(CC)C2C)C12CCCC2. The second-order valence-corrected chi connectivity index (χ2v) is 7.55. The molecule has 2 nitrogen and oxygen atoms in total. The third kappa shape index (κ3) is 2.33. The van der Waals surface area contributed by atoms with Crippen LogP contribution < -0.4 is 5.32 Å². The van der Waals surface area contributed by atoms with Crippen LogP contribution in [0.5, 0.6) is 0 Å². The van der Waals surface area contributed by atoms with Gasteiger partial charge in [0.05, 0.1) is 6.10 Å². The first kappa shape index (κ1) is 14.8. The minimum absolute atomic E-state index is 0.500. The summed E-state index contributed by atoms with van der Waals surface area (Å²) in [7, 11) is 0. The lowest BCUT2D eigenvalue weighted by atomic mass is 9.60. The average Bonchev–Trinajstić information content (AvgIpc) is 3.07. The molecule has 2 heteroatoms. The van der Waals surface area contributed by atoms with Gasteiger partial charge in [0.2, 0.25) is 0 Å². The van der Waals surface area contributed by atoms with Gasteiger partial charge >= 0.3 is 0 Å². The smallest absolute Gasteiger partial charge is 0.0661 e. The molecule has 3 fully saturated rings. The van der Waals surface area contributed by atoms with Crippen LogP contribution in [-0.4, -0.2) is 24.8 Å². The molecular weight excluding hydrogens is 246 g/mol. The molecule has 20 heavy (non-hydrogen) atoms. The van der Waals surface area contributed by atoms with Crippen LogP contribution in [0.4, 0.5) is 0 Å². The van der Waals surface area contributed by atoms with Crippen molar-refractivity contribution in [1.82, 2.24) is 5.32 Å². The van der Waals surface area contributed by atoms with Crippen LogP contribution in [0.2, 0.25) is 0 Å². The highest BCUT2D eigenvalue weighted by Gasteiger charge is 2.57. The van der Waals surface area contributed by atoms with E-state index >= 15 is 0 Å². The minimum atomic E-state index is 0.500. The molecule has 0 saturated heterocycles. The fraction of sp³-hybridized carbons (Fsp3) is 1.00. The molecule has 5 atom stereocenters. The molecule has 5 unspecified atom stereocenters. The topological polar surface area (TPSA) is 21.3 Å². The molecule has 0 radical (unpaired) electrons. The van der Waals surface area contributed by atoms with Crippen molar-refractivity contribution in [2.45, 2.75) is 90.3 Å². The van der Waals surface area contributed by atoms with Crippen LogP contribution in [0.15, 0.2) is 0 Å². The summed E-state index contributed by atoms with van der Waals surface area (Å²) in [5.41, 5.74) is 0.500. The number of rotatable bonds is 5. The van der Waals surface area contributed by atoms with Gasteiger partial charge in [-0.15, -0.1) is 0 Å². The van der Waals surface area contributed by atoms with Crippen molar-refractivity contribution in [3.8, 4) is 0 Å². The first-order valence-corrected chi connectivity index (χ1v) is 9.09. The summed E-state index contributed by atoms with van der Waals surface area (Å²) in [6, 6.07) is 1.51. The number of ether oxygens (including phenoxy) is 1. The predicted octanol–water partition coefficient (Wildman–Crippen LogP) is 4.14. The van der Waals surface area contributed by atoms with E-state index in [4.69, 9.17) is 4.74 Å². The van der Waals surface area contributed by atoms with Crippen molar-refractivity contribution >= 4 is 0 Å². The van der Waals surface area contributed by atoms with Crippen LogP contribution in [0.25, 0.3) is 0 Å². The summed E-state index contributed by atoms with van der Waals surface area (Å²) < 4.78 is 6.04. The standard InChI is InChI=1S/C18H33NO/c1-4-14-8-9-15(13(14)3)19-16-12-17(20-5-2)18(16)10-6-7-11-18/h13-17,19H,4-12H2,1-3H3. The summed E-state index contributed by atoms with van der Waals surface area (Å²) in [6.45, 7) is 7.86. The Hall–Kier alpha value is -0.0800. The van der Waals surface area contributed by atoms with Crippen molar-refractivity contribution < 1.29 is 4.74 Å². The highest BCUT2D eigenvalue weighted by atomic mass is 16.5. The molecule has 3 rings (SSSR count). The van der Waals surface area contributed by atoms with Gasteiger partial charge in [-0.2, -0.15) is 0 Å². The molecular formula is C18H33NO. The number of nitrogens with one attached hydrogen (secondary N) is 1. The lowest BCUT2D eigenvalue weighted by Crippen LogP contribution is -2.64. The fourth-order valence-electron chi connectivity index (χ4n) is 5.44. The van der Waals surface area contributed by atoms with E-state index in [-0.39, 0.29) is 0 Å². The van der Waals surface area contributed by atoms with E-state index < -0.39 is 0 Å². The molecule has 1 spiro atoms. The van der Waals surface area contributed by atoms with Crippen LogP contribution in [-0.2, 0) is 4.74 Å². The Morgan fingerprint density at radius 3 is 2.50 bits per heavy atom. The molecule has 3 saturated carbocycles. The zero-order valence-corrected chi connectivity index (χ0v) is 13.7. The van der Waals surface area contributed by atoms with Gasteiger partial charge in [-0.3, -0.25) is 0 Å². The third-order valence-electron chi connectivity index (χ3n) is 6.85. The van der Waals surface area contributed by atoms with E-state index in [0.717, 1.165) is 30.5 Å². The molecule has 3 aliphatic carbocycles. The van der Waals surface area contributed by atoms with Crippen molar-refractivity contribution in [2.75, 3.05) is 6.61 Å². The van der Waals surface area contributed by atoms with E-state index in [0.29, 0.717) is 11.5 Å². The largest absolute Gasteiger partial charge is 0.378 e. The molecule has 0 aliphatic heterocycles. The van der Waals surface area contributed by atoms with Gasteiger partial charge in [0.1, 0.15) is 0 Å². The van der Waals surface area contributed by atoms with Crippen LogP contribution >= 0.6 is 0 Å². The lowest BCUT2D eigenvalue weighted by molar-refractivity contribution is -0.133. The van der Waals surface area contributed by atoms with E-state index in [1.165, 1.54) is 51.4 Å². The van der Waals surface area contributed by atoms with Gasteiger partial charge in [-0.1, -0.05) is 33.1 Å². The molecule has 0 amide bonds. The fourth-order valence-corrected chi connectivity index (χ4v) is 5.44. The molecule has 1 N–H and O–H groups in total. The molecule has 0 aromatic rings. The molecule has 0 aromatic heterocycles. The third-order valence-corrected chi connectivity index (χ3v) is 6.85. The van der Waals surface area contributed by atoms with Crippen molar-refractivity contribution in [3.05, 3.63) is 0 Å². The number of hydrogen-bond donors (Lipinski definition) is 1. The first-order valence-electron chi connectivity index (χ1n) is 9.09. The van der Waals surface area contributed by atoms with Crippen LogP contribution in [0, 0.1) is 17.3 Å². The average molecular weight is 279 g/mol. The van der Waals surface area contributed by atoms with Gasteiger partial charge in [0.25, 0.3) is 0 Å². The van der Waals surface area contributed by atoms with E-state index in [9.17, 15) is 0 Å². The highest BCUT2D eigenvalue weighted by molar-refractivity contribution is 5.11. The maximum atomic E-state index is 6.04. The molecule has 116 valence electrons. The zero-order valence-electron chi connectivity index (χ0n) is 13.7. The van der Waals surface area contributed by atoms with Crippen LogP contribution in [0.1, 0.15) is 72.1 Å². The second kappa shape index (κ2) is 5.96. The maximum absolute atomic E-state index is 6.04. The van der Waals surface area contributed by atoms with Gasteiger partial charge in [0, 0.05) is 24.1 Å². The zero-order chi connectivity index (χ0) is 14.2.